The summed E-state index contributed by atoms with van der Waals surface area (Å²) in [5.74, 6) is 0. The number of hydrogen-bond acceptors (Lipinski definition) is 4. The molecule has 2 aliphatic rings. The highest BCUT2D eigenvalue weighted by Crippen LogP contribution is 2.43. The maximum Gasteiger partial charge on any atom is 0.0986 e. The predicted molar refractivity (Wildman–Crippen MR) is 112 cm³/mol. The summed E-state index contributed by atoms with van der Waals surface area (Å²) in [6, 6.07) is 16.8. The van der Waals surface area contributed by atoms with Crippen molar-refractivity contribution in [1.82, 2.24) is 0 Å². The van der Waals surface area contributed by atoms with E-state index < -0.39 is 0 Å². The molecule has 0 radical (unpaired) electrons. The number of fused-ring (bicyclic) bond motifs is 2. The molecular weight excluding hydrogens is 340 g/mol. The number of hydrogen-bond donors (Lipinski definition) is 1. The lowest BCUT2D eigenvalue weighted by Crippen LogP contribution is -2.30. The van der Waals surface area contributed by atoms with Gasteiger partial charge < -0.3 is 14.9 Å². The van der Waals surface area contributed by atoms with Gasteiger partial charge in [0.25, 0.3) is 0 Å². The monoisotopic (exact) mass is 362 g/mol. The van der Waals surface area contributed by atoms with E-state index in [-0.39, 0.29) is 12.0 Å². The van der Waals surface area contributed by atoms with Crippen molar-refractivity contribution < 1.29 is 5.11 Å². The van der Waals surface area contributed by atoms with Crippen LogP contribution in [0.4, 0.5) is 11.4 Å². The fourth-order valence-electron chi connectivity index (χ4n) is 3.41. The van der Waals surface area contributed by atoms with Crippen LogP contribution in [0.5, 0.6) is 0 Å². The Bertz CT molecular complexity index is 887. The van der Waals surface area contributed by atoms with Gasteiger partial charge in [-0.25, -0.2) is 0 Å². The molecule has 1 unspecified atom stereocenters. The fourth-order valence-corrected chi connectivity index (χ4v) is 4.65. The number of allylic oxidation sites excluding steroid dienone is 4. The molecule has 0 aromatic heterocycles. The summed E-state index contributed by atoms with van der Waals surface area (Å²) in [5.41, 5.74) is 4.89. The minimum absolute atomic E-state index is 0.156. The van der Waals surface area contributed by atoms with Crippen LogP contribution < -0.4 is 9.80 Å². The zero-order chi connectivity index (χ0) is 17.9. The number of anilines is 2. The number of nitrogens with zero attached hydrogens (tertiary/aromatic N) is 2. The number of thioether (sulfide) groups is 1. The van der Waals surface area contributed by atoms with Gasteiger partial charge in [-0.3, -0.25) is 0 Å². The van der Waals surface area contributed by atoms with E-state index in [9.17, 15) is 5.11 Å². The van der Waals surface area contributed by atoms with Crippen LogP contribution in [0.25, 0.3) is 5.57 Å². The van der Waals surface area contributed by atoms with Gasteiger partial charge in [-0.15, -0.1) is 0 Å². The van der Waals surface area contributed by atoms with Crippen LogP contribution in [0.3, 0.4) is 0 Å². The number of rotatable bonds is 4. The molecule has 0 aliphatic carbocycles. The van der Waals surface area contributed by atoms with Crippen LogP contribution in [-0.2, 0) is 0 Å². The first-order valence-corrected chi connectivity index (χ1v) is 9.68. The molecular formula is C22H22N2OS. The lowest BCUT2D eigenvalue weighted by atomic mass is 10.00. The summed E-state index contributed by atoms with van der Waals surface area (Å²) in [5, 5.41) is 9.64. The highest BCUT2D eigenvalue weighted by atomic mass is 32.2. The zero-order valence-corrected chi connectivity index (χ0v) is 15.6. The summed E-state index contributed by atoms with van der Waals surface area (Å²) in [6.07, 6.45) is 10.8. The second kappa shape index (κ2) is 7.44. The molecule has 3 nitrogen and oxygen atoms in total. The SMILES string of the molecule is CN1C=C/C(=C\C=C\C2Sc3ccccc3N2CCO)c2ccccc21. The van der Waals surface area contributed by atoms with Gasteiger partial charge in [0, 0.05) is 35.9 Å². The number of aliphatic hydroxyl groups is 1. The molecule has 132 valence electrons. The molecule has 1 N–H and O–H groups in total. The minimum atomic E-state index is 0.156. The van der Waals surface area contributed by atoms with E-state index in [0.29, 0.717) is 6.54 Å². The van der Waals surface area contributed by atoms with Gasteiger partial charge in [-0.05, 0) is 29.8 Å². The van der Waals surface area contributed by atoms with Gasteiger partial charge in [0.1, 0.15) is 0 Å². The first kappa shape index (κ1) is 17.0. The topological polar surface area (TPSA) is 26.7 Å². The largest absolute Gasteiger partial charge is 0.395 e. The second-order valence-electron chi connectivity index (χ2n) is 6.34. The summed E-state index contributed by atoms with van der Waals surface area (Å²) >= 11 is 1.83. The maximum absolute atomic E-state index is 9.43. The highest BCUT2D eigenvalue weighted by molar-refractivity contribution is 8.00. The molecule has 0 spiro atoms. The third-order valence-corrected chi connectivity index (χ3v) is 5.95. The van der Waals surface area contributed by atoms with Crippen LogP contribution in [0.2, 0.25) is 0 Å². The Labute approximate surface area is 158 Å². The van der Waals surface area contributed by atoms with Crippen molar-refractivity contribution in [3.63, 3.8) is 0 Å². The van der Waals surface area contributed by atoms with Gasteiger partial charge in [0.15, 0.2) is 0 Å². The van der Waals surface area contributed by atoms with Crippen molar-refractivity contribution in [1.29, 1.82) is 0 Å². The average Bonchev–Trinajstić information content (AvgIpc) is 3.02. The Morgan fingerprint density at radius 2 is 1.85 bits per heavy atom. The smallest absolute Gasteiger partial charge is 0.0986 e. The molecule has 2 aromatic rings. The third kappa shape index (κ3) is 3.18. The first-order valence-electron chi connectivity index (χ1n) is 8.80. The van der Waals surface area contributed by atoms with E-state index >= 15 is 0 Å². The van der Waals surface area contributed by atoms with Crippen LogP contribution in [0, 0.1) is 0 Å². The van der Waals surface area contributed by atoms with Crippen LogP contribution in [0.15, 0.2) is 83.9 Å². The summed E-state index contributed by atoms with van der Waals surface area (Å²) < 4.78 is 0. The van der Waals surface area contributed by atoms with Gasteiger partial charge in [-0.1, -0.05) is 60.3 Å². The predicted octanol–water partition coefficient (Wildman–Crippen LogP) is 4.52. The maximum atomic E-state index is 9.43. The van der Waals surface area contributed by atoms with Crippen molar-refractivity contribution in [3.05, 3.63) is 84.6 Å². The van der Waals surface area contributed by atoms with Crippen molar-refractivity contribution >= 4 is 28.7 Å². The summed E-state index contributed by atoms with van der Waals surface area (Å²) in [6.45, 7) is 0.798. The molecule has 2 heterocycles. The molecule has 2 aliphatic heterocycles. The standard InChI is InChI=1S/C22H22N2OS/c1-23-14-13-17(18-8-2-3-9-19(18)23)7-6-12-22-24(15-16-25)20-10-4-5-11-21(20)26-22/h2-14,22,25H,15-16H2,1H3/b12-6+,17-7+. The van der Waals surface area contributed by atoms with Crippen LogP contribution >= 0.6 is 11.8 Å². The minimum Gasteiger partial charge on any atom is -0.395 e. The van der Waals surface area contributed by atoms with Crippen molar-refractivity contribution in [2.24, 2.45) is 0 Å². The third-order valence-electron chi connectivity index (χ3n) is 4.69. The molecule has 4 rings (SSSR count). The number of β-amino-alcohol motifs (C(OH)–C–C–N with tert-alkyl or cyclic N) is 1. The molecule has 0 bridgehead atoms. The van der Waals surface area contributed by atoms with E-state index in [4.69, 9.17) is 0 Å². The zero-order valence-electron chi connectivity index (χ0n) is 14.7. The van der Waals surface area contributed by atoms with E-state index in [1.165, 1.54) is 27.4 Å². The highest BCUT2D eigenvalue weighted by Gasteiger charge is 2.27. The molecule has 0 saturated carbocycles. The molecule has 2 aromatic carbocycles. The van der Waals surface area contributed by atoms with Crippen LogP contribution in [0.1, 0.15) is 5.56 Å². The molecule has 4 heteroatoms. The Balaban J connectivity index is 1.57. The van der Waals surface area contributed by atoms with Crippen molar-refractivity contribution in [2.75, 3.05) is 30.0 Å². The van der Waals surface area contributed by atoms with Crippen LogP contribution in [-0.4, -0.2) is 30.7 Å². The van der Waals surface area contributed by atoms with E-state index in [2.05, 4.69) is 95.9 Å². The molecule has 1 atom stereocenters. The number of aliphatic hydroxyl groups excluding tert-OH is 1. The van der Waals surface area contributed by atoms with E-state index in [1.807, 2.05) is 11.8 Å². The van der Waals surface area contributed by atoms with Gasteiger partial charge in [-0.2, -0.15) is 0 Å². The molecule has 0 saturated heterocycles. The van der Waals surface area contributed by atoms with Gasteiger partial charge in [0.05, 0.1) is 17.7 Å². The Hall–Kier alpha value is -2.43. The molecule has 26 heavy (non-hydrogen) atoms. The van der Waals surface area contributed by atoms with Gasteiger partial charge >= 0.3 is 0 Å². The Morgan fingerprint density at radius 3 is 2.69 bits per heavy atom. The second-order valence-corrected chi connectivity index (χ2v) is 7.50. The number of para-hydroxylation sites is 2. The Kier molecular flexibility index (Phi) is 4.87. The Morgan fingerprint density at radius 1 is 1.08 bits per heavy atom. The van der Waals surface area contributed by atoms with E-state index in [0.717, 1.165) is 0 Å². The quantitative estimate of drug-likeness (QED) is 0.865. The first-order chi connectivity index (χ1) is 12.8. The van der Waals surface area contributed by atoms with Crippen molar-refractivity contribution in [3.8, 4) is 0 Å². The van der Waals surface area contributed by atoms with Crippen molar-refractivity contribution in [2.45, 2.75) is 10.3 Å². The average molecular weight is 362 g/mol. The molecule has 0 fully saturated rings. The fraction of sp³-hybridized carbons (Fsp3) is 0.182. The van der Waals surface area contributed by atoms with Gasteiger partial charge in [0.2, 0.25) is 0 Å². The summed E-state index contributed by atoms with van der Waals surface area (Å²) in [4.78, 5) is 5.67. The lowest BCUT2D eigenvalue weighted by molar-refractivity contribution is 0.302. The summed E-state index contributed by atoms with van der Waals surface area (Å²) in [7, 11) is 2.07. The number of benzene rings is 2. The molecule has 0 amide bonds. The normalized spacial score (nSPS) is 20.1. The van der Waals surface area contributed by atoms with E-state index in [1.54, 1.807) is 0 Å². The lowest BCUT2D eigenvalue weighted by Gasteiger charge is -2.24.